The molecule has 0 amide bonds. The summed E-state index contributed by atoms with van der Waals surface area (Å²) < 4.78 is 16.9. The summed E-state index contributed by atoms with van der Waals surface area (Å²) in [6.45, 7) is 1.31. The third-order valence-electron chi connectivity index (χ3n) is 4.04. The summed E-state index contributed by atoms with van der Waals surface area (Å²) in [5.74, 6) is 0.836. The summed E-state index contributed by atoms with van der Waals surface area (Å²) in [5, 5.41) is 6.51. The van der Waals surface area contributed by atoms with E-state index in [2.05, 4.69) is 10.1 Å². The van der Waals surface area contributed by atoms with Crippen molar-refractivity contribution in [2.75, 3.05) is 7.11 Å². The highest BCUT2D eigenvalue weighted by molar-refractivity contribution is 7.17. The average Bonchev–Trinajstić information content (AvgIpc) is 3.37. The molecule has 1 aromatic carbocycles. The van der Waals surface area contributed by atoms with E-state index in [0.717, 1.165) is 4.68 Å². The molecule has 0 bridgehead atoms. The van der Waals surface area contributed by atoms with Crippen molar-refractivity contribution in [1.82, 2.24) is 9.66 Å². The number of nitrogens with zero attached hydrogens (tertiary/aromatic N) is 3. The minimum atomic E-state index is -0.446. The first-order valence-corrected chi connectivity index (χ1v) is 9.38. The van der Waals surface area contributed by atoms with E-state index >= 15 is 0 Å². The molecule has 3 heterocycles. The zero-order valence-electron chi connectivity index (χ0n) is 15.5. The van der Waals surface area contributed by atoms with Gasteiger partial charge < -0.3 is 13.9 Å². The van der Waals surface area contributed by atoms with Gasteiger partial charge in [-0.15, -0.1) is 11.3 Å². The van der Waals surface area contributed by atoms with E-state index in [9.17, 15) is 9.59 Å². The highest BCUT2D eigenvalue weighted by atomic mass is 32.1. The molecule has 0 aliphatic rings. The second-order valence-electron chi connectivity index (χ2n) is 5.95. The molecule has 0 saturated carbocycles. The maximum absolute atomic E-state index is 12.9. The summed E-state index contributed by atoms with van der Waals surface area (Å²) in [4.78, 5) is 29.0. The second-order valence-corrected chi connectivity index (χ2v) is 6.81. The second kappa shape index (κ2) is 7.72. The minimum Gasteiger partial charge on any atom is -0.493 e. The van der Waals surface area contributed by atoms with Crippen molar-refractivity contribution < 1.29 is 18.7 Å². The van der Waals surface area contributed by atoms with Crippen LogP contribution in [-0.4, -0.2) is 29.0 Å². The van der Waals surface area contributed by atoms with Crippen LogP contribution in [-0.2, 0) is 4.79 Å². The summed E-state index contributed by atoms with van der Waals surface area (Å²) >= 11 is 1.37. The fraction of sp³-hybridized carbons (Fsp3) is 0.100. The van der Waals surface area contributed by atoms with Crippen LogP contribution >= 0.6 is 11.3 Å². The first-order valence-electron chi connectivity index (χ1n) is 8.50. The van der Waals surface area contributed by atoms with Crippen LogP contribution in [0.15, 0.2) is 62.6 Å². The third kappa shape index (κ3) is 3.67. The Kier molecular flexibility index (Phi) is 4.96. The lowest BCUT2D eigenvalue weighted by Crippen LogP contribution is -2.16. The highest BCUT2D eigenvalue weighted by Crippen LogP contribution is 2.31. The zero-order valence-corrected chi connectivity index (χ0v) is 16.3. The number of hydrogen-bond acceptors (Lipinski definition) is 8. The van der Waals surface area contributed by atoms with Crippen LogP contribution in [0, 0.1) is 0 Å². The Morgan fingerprint density at radius 1 is 1.31 bits per heavy atom. The molecule has 0 aliphatic heterocycles. The van der Waals surface area contributed by atoms with E-state index in [4.69, 9.17) is 13.9 Å². The Morgan fingerprint density at radius 2 is 2.17 bits per heavy atom. The number of hydrogen-bond donors (Lipinski definition) is 0. The summed E-state index contributed by atoms with van der Waals surface area (Å²) in [5.41, 5.74) is 1.04. The third-order valence-corrected chi connectivity index (χ3v) is 4.92. The number of thiophene rings is 1. The number of fused-ring (bicyclic) bond motifs is 1. The monoisotopic (exact) mass is 409 g/mol. The fourth-order valence-electron chi connectivity index (χ4n) is 2.75. The van der Waals surface area contributed by atoms with Crippen molar-refractivity contribution in [2.45, 2.75) is 6.92 Å². The van der Waals surface area contributed by atoms with Crippen LogP contribution in [0.3, 0.4) is 0 Å². The minimum absolute atomic E-state index is 0.303. The van der Waals surface area contributed by atoms with E-state index in [1.165, 1.54) is 37.9 Å². The maximum Gasteiger partial charge on any atom is 0.308 e. The molecule has 0 N–H and O–H groups in total. The molecular weight excluding hydrogens is 394 g/mol. The number of carbonyl (C=O) groups is 1. The number of carbonyl (C=O) groups excluding carboxylic acids is 1. The van der Waals surface area contributed by atoms with E-state index in [1.54, 1.807) is 36.6 Å². The standard InChI is InChI=1S/C20H15N3O5S/c1-12(24)28-16-6-5-13(8-17(16)26-2)9-22-23-11-21-19-18(20(23)25)14(10-29-19)15-4-3-7-27-15/h3-11H,1-2H3/b22-9-. The number of aromatic nitrogens is 2. The molecule has 29 heavy (non-hydrogen) atoms. The van der Waals surface area contributed by atoms with E-state index in [0.29, 0.717) is 38.6 Å². The summed E-state index contributed by atoms with van der Waals surface area (Å²) in [6, 6.07) is 8.49. The van der Waals surface area contributed by atoms with Gasteiger partial charge in [0.05, 0.1) is 25.0 Å². The number of methoxy groups -OCH3 is 1. The maximum atomic E-state index is 12.9. The number of rotatable bonds is 5. The Hall–Kier alpha value is -3.72. The number of benzene rings is 1. The van der Waals surface area contributed by atoms with Gasteiger partial charge in [0.2, 0.25) is 0 Å². The Morgan fingerprint density at radius 3 is 2.90 bits per heavy atom. The Labute approximate surface area is 168 Å². The van der Waals surface area contributed by atoms with Crippen LogP contribution in [0.2, 0.25) is 0 Å². The molecule has 9 heteroatoms. The zero-order chi connectivity index (χ0) is 20.4. The predicted octanol–water partition coefficient (Wildman–Crippen LogP) is 3.53. The quantitative estimate of drug-likeness (QED) is 0.284. The van der Waals surface area contributed by atoms with Crippen LogP contribution in [0.1, 0.15) is 12.5 Å². The number of furan rings is 1. The molecule has 0 atom stereocenters. The van der Waals surface area contributed by atoms with Crippen molar-refractivity contribution in [2.24, 2.45) is 5.10 Å². The van der Waals surface area contributed by atoms with Gasteiger partial charge in [0.25, 0.3) is 5.56 Å². The molecule has 146 valence electrons. The smallest absolute Gasteiger partial charge is 0.308 e. The van der Waals surface area contributed by atoms with Gasteiger partial charge in [-0.05, 0) is 35.9 Å². The predicted molar refractivity (Wildman–Crippen MR) is 109 cm³/mol. The van der Waals surface area contributed by atoms with Gasteiger partial charge in [0.1, 0.15) is 16.9 Å². The van der Waals surface area contributed by atoms with Crippen molar-refractivity contribution in [3.63, 3.8) is 0 Å². The molecule has 3 aromatic heterocycles. The lowest BCUT2D eigenvalue weighted by Gasteiger charge is -2.08. The average molecular weight is 409 g/mol. The van der Waals surface area contributed by atoms with Gasteiger partial charge in [0.15, 0.2) is 11.5 Å². The van der Waals surface area contributed by atoms with Crippen LogP contribution in [0.4, 0.5) is 0 Å². The van der Waals surface area contributed by atoms with Crippen molar-refractivity contribution in [3.8, 4) is 22.8 Å². The van der Waals surface area contributed by atoms with Crippen LogP contribution in [0.25, 0.3) is 21.5 Å². The summed E-state index contributed by atoms with van der Waals surface area (Å²) in [6.07, 6.45) is 4.42. The molecule has 4 aromatic rings. The molecular formula is C20H15N3O5S. The van der Waals surface area contributed by atoms with E-state index < -0.39 is 5.97 Å². The first kappa shape index (κ1) is 18.6. The normalized spacial score (nSPS) is 11.2. The molecule has 0 unspecified atom stereocenters. The topological polar surface area (TPSA) is 95.9 Å². The van der Waals surface area contributed by atoms with Crippen LogP contribution < -0.4 is 15.0 Å². The van der Waals surface area contributed by atoms with Crippen LogP contribution in [0.5, 0.6) is 11.5 Å². The van der Waals surface area contributed by atoms with Crippen molar-refractivity contribution in [1.29, 1.82) is 0 Å². The first-order chi connectivity index (χ1) is 14.1. The number of ether oxygens (including phenoxy) is 2. The molecule has 0 spiro atoms. The van der Waals surface area contributed by atoms with Gasteiger partial charge in [-0.1, -0.05) is 0 Å². The summed E-state index contributed by atoms with van der Waals surface area (Å²) in [7, 11) is 1.47. The molecule has 0 radical (unpaired) electrons. The van der Waals surface area contributed by atoms with Gasteiger partial charge in [-0.25, -0.2) is 4.98 Å². The van der Waals surface area contributed by atoms with E-state index in [1.807, 2.05) is 5.38 Å². The van der Waals surface area contributed by atoms with Crippen molar-refractivity contribution >= 4 is 33.7 Å². The SMILES string of the molecule is COc1cc(/C=N\n2cnc3scc(-c4ccco4)c3c2=O)ccc1OC(C)=O. The largest absolute Gasteiger partial charge is 0.493 e. The number of esters is 1. The van der Waals surface area contributed by atoms with Gasteiger partial charge >= 0.3 is 5.97 Å². The van der Waals surface area contributed by atoms with Gasteiger partial charge in [-0.2, -0.15) is 9.78 Å². The molecule has 0 saturated heterocycles. The van der Waals surface area contributed by atoms with Gasteiger partial charge in [-0.3, -0.25) is 9.59 Å². The Bertz CT molecular complexity index is 1270. The highest BCUT2D eigenvalue weighted by Gasteiger charge is 2.15. The molecule has 0 fully saturated rings. The molecule has 0 aliphatic carbocycles. The molecule has 8 nitrogen and oxygen atoms in total. The Balaban J connectivity index is 1.70. The van der Waals surface area contributed by atoms with Gasteiger partial charge in [0, 0.05) is 17.9 Å². The fourth-order valence-corrected chi connectivity index (χ4v) is 3.64. The lowest BCUT2D eigenvalue weighted by molar-refractivity contribution is -0.132. The van der Waals surface area contributed by atoms with Crippen molar-refractivity contribution in [3.05, 3.63) is 64.2 Å². The van der Waals surface area contributed by atoms with E-state index in [-0.39, 0.29) is 5.56 Å². The molecule has 4 rings (SSSR count). The lowest BCUT2D eigenvalue weighted by atomic mass is 10.2.